The van der Waals surface area contributed by atoms with Gasteiger partial charge in [-0.05, 0) is 36.2 Å². The van der Waals surface area contributed by atoms with E-state index in [1.165, 1.54) is 23.5 Å². The molecular weight excluding hydrogens is 412 g/mol. The van der Waals surface area contributed by atoms with Gasteiger partial charge in [0.2, 0.25) is 0 Å². The van der Waals surface area contributed by atoms with Crippen LogP contribution in [0.15, 0.2) is 64.8 Å². The molecule has 1 N–H and O–H groups in total. The summed E-state index contributed by atoms with van der Waals surface area (Å²) in [5.74, 6) is 0.403. The maximum Gasteiger partial charge on any atom is 0.335 e. The van der Waals surface area contributed by atoms with Gasteiger partial charge in [-0.3, -0.25) is 9.36 Å². The summed E-state index contributed by atoms with van der Waals surface area (Å²) in [7, 11) is 0. The van der Waals surface area contributed by atoms with Gasteiger partial charge in [0.05, 0.1) is 17.6 Å². The molecular formula is C24H22N2O4S. The highest BCUT2D eigenvalue weighted by molar-refractivity contribution is 7.17. The van der Waals surface area contributed by atoms with Gasteiger partial charge in [-0.15, -0.1) is 11.3 Å². The molecule has 0 unspecified atom stereocenters. The zero-order valence-corrected chi connectivity index (χ0v) is 17.9. The van der Waals surface area contributed by atoms with Gasteiger partial charge in [0.25, 0.3) is 5.56 Å². The van der Waals surface area contributed by atoms with Crippen LogP contribution in [0, 0.1) is 0 Å². The lowest BCUT2D eigenvalue weighted by atomic mass is 10.1. The highest BCUT2D eigenvalue weighted by Gasteiger charge is 2.16. The van der Waals surface area contributed by atoms with Crippen molar-refractivity contribution in [3.8, 4) is 16.9 Å². The Bertz CT molecular complexity index is 1260. The standard InChI is InChI=1S/C24H22N2O4S/c1-2-20-25-22-21(19(15-31-22)16-7-4-3-5-8-16)23(27)26(20)13-6-14-30-18-11-9-17(10-12-18)24(28)29/h3-5,7-12,15H,2,6,13-14H2,1H3,(H,28,29). The Hall–Kier alpha value is -3.45. The number of thiophene rings is 1. The maximum absolute atomic E-state index is 13.4. The number of carboxylic acid groups (broad SMARTS) is 1. The fourth-order valence-electron chi connectivity index (χ4n) is 3.50. The van der Waals surface area contributed by atoms with E-state index in [4.69, 9.17) is 14.8 Å². The summed E-state index contributed by atoms with van der Waals surface area (Å²) in [6.07, 6.45) is 1.30. The molecule has 0 saturated carbocycles. The number of hydrogen-bond donors (Lipinski definition) is 1. The number of aryl methyl sites for hydroxylation is 1. The third kappa shape index (κ3) is 4.36. The molecule has 4 rings (SSSR count). The summed E-state index contributed by atoms with van der Waals surface area (Å²) in [5, 5.41) is 11.6. The zero-order chi connectivity index (χ0) is 21.8. The Balaban J connectivity index is 1.53. The van der Waals surface area contributed by atoms with Gasteiger partial charge >= 0.3 is 5.97 Å². The topological polar surface area (TPSA) is 81.4 Å². The number of carbonyl (C=O) groups is 1. The Morgan fingerprint density at radius 2 is 1.87 bits per heavy atom. The molecule has 0 aliphatic carbocycles. The fourth-order valence-corrected chi connectivity index (χ4v) is 4.46. The van der Waals surface area contributed by atoms with E-state index in [9.17, 15) is 9.59 Å². The predicted octanol–water partition coefficient (Wildman–Crippen LogP) is 4.85. The summed E-state index contributed by atoms with van der Waals surface area (Å²) in [5.41, 5.74) is 2.13. The minimum atomic E-state index is -0.968. The van der Waals surface area contributed by atoms with Crippen molar-refractivity contribution in [3.05, 3.63) is 81.7 Å². The van der Waals surface area contributed by atoms with Gasteiger partial charge in [-0.25, -0.2) is 9.78 Å². The van der Waals surface area contributed by atoms with E-state index >= 15 is 0 Å². The molecule has 6 nitrogen and oxygen atoms in total. The largest absolute Gasteiger partial charge is 0.494 e. The first-order valence-electron chi connectivity index (χ1n) is 10.1. The number of hydrogen-bond acceptors (Lipinski definition) is 5. The molecule has 2 aromatic carbocycles. The predicted molar refractivity (Wildman–Crippen MR) is 122 cm³/mol. The summed E-state index contributed by atoms with van der Waals surface area (Å²) >= 11 is 1.50. The molecule has 0 fully saturated rings. The summed E-state index contributed by atoms with van der Waals surface area (Å²) in [6.45, 7) is 2.91. The lowest BCUT2D eigenvalue weighted by molar-refractivity contribution is 0.0697. The molecule has 158 valence electrons. The van der Waals surface area contributed by atoms with E-state index in [-0.39, 0.29) is 11.1 Å². The van der Waals surface area contributed by atoms with Gasteiger partial charge < -0.3 is 9.84 Å². The minimum absolute atomic E-state index is 0.0206. The lowest BCUT2D eigenvalue weighted by Gasteiger charge is -2.12. The quantitative estimate of drug-likeness (QED) is 0.401. The monoisotopic (exact) mass is 434 g/mol. The Morgan fingerprint density at radius 1 is 1.13 bits per heavy atom. The smallest absolute Gasteiger partial charge is 0.335 e. The molecule has 7 heteroatoms. The Labute approximate surface area is 183 Å². The van der Waals surface area contributed by atoms with E-state index < -0.39 is 5.97 Å². The van der Waals surface area contributed by atoms with E-state index in [0.29, 0.717) is 37.1 Å². The summed E-state index contributed by atoms with van der Waals surface area (Å²) in [6, 6.07) is 16.2. The molecule has 2 heterocycles. The number of nitrogens with zero attached hydrogens (tertiary/aromatic N) is 2. The van der Waals surface area contributed by atoms with Crippen molar-refractivity contribution in [1.82, 2.24) is 9.55 Å². The first kappa shape index (κ1) is 20.8. The second kappa shape index (κ2) is 9.14. The third-order valence-corrected chi connectivity index (χ3v) is 5.94. The molecule has 0 aliphatic rings. The van der Waals surface area contributed by atoms with E-state index in [1.807, 2.05) is 42.6 Å². The number of benzene rings is 2. The molecule has 0 amide bonds. The fraction of sp³-hybridized carbons (Fsp3) is 0.208. The Kier molecular flexibility index (Phi) is 6.13. The van der Waals surface area contributed by atoms with Gasteiger partial charge in [-0.1, -0.05) is 37.3 Å². The van der Waals surface area contributed by atoms with Gasteiger partial charge in [0.1, 0.15) is 16.4 Å². The number of rotatable bonds is 8. The van der Waals surface area contributed by atoms with Crippen LogP contribution in [0.3, 0.4) is 0 Å². The first-order chi connectivity index (χ1) is 15.1. The molecule has 0 aliphatic heterocycles. The molecule has 0 saturated heterocycles. The average Bonchev–Trinajstić information content (AvgIpc) is 3.23. The molecule has 31 heavy (non-hydrogen) atoms. The van der Waals surface area contributed by atoms with Crippen molar-refractivity contribution in [2.75, 3.05) is 6.61 Å². The minimum Gasteiger partial charge on any atom is -0.494 e. The average molecular weight is 435 g/mol. The van der Waals surface area contributed by atoms with Gasteiger partial charge in [-0.2, -0.15) is 0 Å². The summed E-state index contributed by atoms with van der Waals surface area (Å²) in [4.78, 5) is 29.8. The van der Waals surface area contributed by atoms with Crippen LogP contribution in [0.2, 0.25) is 0 Å². The highest BCUT2D eigenvalue weighted by Crippen LogP contribution is 2.30. The van der Waals surface area contributed by atoms with Crippen LogP contribution in [0.25, 0.3) is 21.3 Å². The first-order valence-corrected chi connectivity index (χ1v) is 11.0. The van der Waals surface area contributed by atoms with Crippen LogP contribution >= 0.6 is 11.3 Å². The number of ether oxygens (including phenoxy) is 1. The van der Waals surface area contributed by atoms with Crippen molar-refractivity contribution in [3.63, 3.8) is 0 Å². The normalized spacial score (nSPS) is 11.0. The molecule has 0 atom stereocenters. The molecule has 0 bridgehead atoms. The zero-order valence-electron chi connectivity index (χ0n) is 17.1. The van der Waals surface area contributed by atoms with Crippen LogP contribution in [0.1, 0.15) is 29.5 Å². The molecule has 4 aromatic rings. The van der Waals surface area contributed by atoms with Crippen LogP contribution in [0.4, 0.5) is 0 Å². The van der Waals surface area contributed by atoms with E-state index in [1.54, 1.807) is 16.7 Å². The van der Waals surface area contributed by atoms with Crippen LogP contribution in [0.5, 0.6) is 5.75 Å². The lowest BCUT2D eigenvalue weighted by Crippen LogP contribution is -2.25. The van der Waals surface area contributed by atoms with Gasteiger partial charge in [0, 0.05) is 23.9 Å². The highest BCUT2D eigenvalue weighted by atomic mass is 32.1. The molecule has 2 aromatic heterocycles. The second-order valence-corrected chi connectivity index (χ2v) is 7.92. The number of carboxylic acids is 1. The number of aromatic nitrogens is 2. The Morgan fingerprint density at radius 3 is 2.55 bits per heavy atom. The number of aromatic carboxylic acids is 1. The third-order valence-electron chi connectivity index (χ3n) is 5.07. The van der Waals surface area contributed by atoms with Crippen molar-refractivity contribution >= 4 is 27.5 Å². The summed E-state index contributed by atoms with van der Waals surface area (Å²) < 4.78 is 7.46. The molecule has 0 spiro atoms. The van der Waals surface area contributed by atoms with Gasteiger partial charge in [0.15, 0.2) is 0 Å². The van der Waals surface area contributed by atoms with E-state index in [0.717, 1.165) is 21.8 Å². The van der Waals surface area contributed by atoms with E-state index in [2.05, 4.69) is 0 Å². The van der Waals surface area contributed by atoms with Crippen molar-refractivity contribution < 1.29 is 14.6 Å². The van der Waals surface area contributed by atoms with Crippen LogP contribution in [-0.2, 0) is 13.0 Å². The van der Waals surface area contributed by atoms with Crippen molar-refractivity contribution in [1.29, 1.82) is 0 Å². The van der Waals surface area contributed by atoms with Crippen molar-refractivity contribution in [2.24, 2.45) is 0 Å². The van der Waals surface area contributed by atoms with Crippen molar-refractivity contribution in [2.45, 2.75) is 26.3 Å². The SMILES string of the molecule is CCc1nc2scc(-c3ccccc3)c2c(=O)n1CCCOc1ccc(C(=O)O)cc1. The molecule has 0 radical (unpaired) electrons. The maximum atomic E-state index is 13.4. The second-order valence-electron chi connectivity index (χ2n) is 7.07. The van der Waals surface area contributed by atoms with Crippen LogP contribution in [-0.4, -0.2) is 27.2 Å². The number of fused-ring (bicyclic) bond motifs is 1. The van der Waals surface area contributed by atoms with Crippen LogP contribution < -0.4 is 10.3 Å².